The number of halogens is 6. The van der Waals surface area contributed by atoms with E-state index in [1.54, 1.807) is 24.6 Å². The van der Waals surface area contributed by atoms with Crippen LogP contribution in [0, 0.1) is 24.4 Å². The van der Waals surface area contributed by atoms with Gasteiger partial charge in [0.1, 0.15) is 5.75 Å². The summed E-state index contributed by atoms with van der Waals surface area (Å²) in [6.45, 7) is 3.41. The number of ether oxygens (including phenoxy) is 1. The number of alkyl halides is 3. The Labute approximate surface area is 224 Å². The molecular formula is C28H23F6N3O3. The summed E-state index contributed by atoms with van der Waals surface area (Å²) in [5, 5.41) is 0. The summed E-state index contributed by atoms with van der Waals surface area (Å²) < 4.78 is 91.0. The lowest BCUT2D eigenvalue weighted by molar-refractivity contribution is -0.138. The van der Waals surface area contributed by atoms with Crippen molar-refractivity contribution in [3.8, 4) is 11.4 Å². The first-order valence-electron chi connectivity index (χ1n) is 12.1. The summed E-state index contributed by atoms with van der Waals surface area (Å²) in [5.74, 6) is -5.71. The molecule has 0 amide bonds. The second kappa shape index (κ2) is 11.0. The van der Waals surface area contributed by atoms with E-state index in [0.717, 1.165) is 0 Å². The molecule has 2 heterocycles. The Bertz CT molecular complexity index is 1620. The molecular weight excluding hydrogens is 540 g/mol. The van der Waals surface area contributed by atoms with Crippen molar-refractivity contribution < 1.29 is 35.9 Å². The molecule has 0 fully saturated rings. The smallest absolute Gasteiger partial charge is 0.417 e. The largest absolute Gasteiger partial charge is 0.495 e. The highest BCUT2D eigenvalue weighted by molar-refractivity contribution is 6.09. The zero-order valence-electron chi connectivity index (χ0n) is 21.5. The van der Waals surface area contributed by atoms with Gasteiger partial charge < -0.3 is 13.9 Å². The quantitative estimate of drug-likeness (QED) is 0.141. The van der Waals surface area contributed by atoms with Crippen molar-refractivity contribution >= 4 is 5.78 Å². The van der Waals surface area contributed by atoms with Gasteiger partial charge >= 0.3 is 6.18 Å². The summed E-state index contributed by atoms with van der Waals surface area (Å²) in [7, 11) is 1.34. The van der Waals surface area contributed by atoms with Gasteiger partial charge in [0.05, 0.1) is 42.0 Å². The zero-order chi connectivity index (χ0) is 29.4. The minimum Gasteiger partial charge on any atom is -0.495 e. The number of aryl methyl sites for hydroxylation is 1. The number of carbonyl (C=O) groups excluding carboxylic acids is 1. The number of aromatic nitrogens is 3. The SMILES string of the molecule is CCCC(c1cc(F)c(F)c(F)c1)n1cc(C(F)(F)F)cc(C(=O)c2ccc(-n3cnc(C)c3)c(OC)c2)c1=O. The maximum Gasteiger partial charge on any atom is 0.417 e. The fraction of sp³-hybridized carbons (Fsp3) is 0.250. The summed E-state index contributed by atoms with van der Waals surface area (Å²) in [6, 6.07) is 4.46. The number of rotatable bonds is 8. The van der Waals surface area contributed by atoms with E-state index in [-0.39, 0.29) is 29.7 Å². The van der Waals surface area contributed by atoms with Gasteiger partial charge in [0.15, 0.2) is 23.2 Å². The van der Waals surface area contributed by atoms with Crippen LogP contribution in [0.2, 0.25) is 0 Å². The summed E-state index contributed by atoms with van der Waals surface area (Å²) in [4.78, 5) is 31.1. The molecule has 1 unspecified atom stereocenters. The molecule has 0 aliphatic carbocycles. The van der Waals surface area contributed by atoms with Crippen LogP contribution in [0.3, 0.4) is 0 Å². The van der Waals surface area contributed by atoms with Crippen LogP contribution in [0.1, 0.15) is 58.5 Å². The van der Waals surface area contributed by atoms with E-state index < -0.39 is 52.1 Å². The minimum atomic E-state index is -4.97. The number of imidazole rings is 1. The number of ketones is 1. The van der Waals surface area contributed by atoms with Crippen LogP contribution in [-0.4, -0.2) is 27.0 Å². The van der Waals surface area contributed by atoms with Crippen LogP contribution in [0.4, 0.5) is 26.3 Å². The van der Waals surface area contributed by atoms with Gasteiger partial charge in [-0.25, -0.2) is 18.2 Å². The highest BCUT2D eigenvalue weighted by atomic mass is 19.4. The van der Waals surface area contributed by atoms with Gasteiger partial charge in [0.25, 0.3) is 5.56 Å². The van der Waals surface area contributed by atoms with Crippen molar-refractivity contribution in [1.82, 2.24) is 14.1 Å². The number of hydrogen-bond acceptors (Lipinski definition) is 4. The van der Waals surface area contributed by atoms with Crippen molar-refractivity contribution in [2.45, 2.75) is 38.9 Å². The molecule has 2 aromatic carbocycles. The molecule has 0 spiro atoms. The van der Waals surface area contributed by atoms with Gasteiger partial charge in [0, 0.05) is 18.0 Å². The van der Waals surface area contributed by atoms with Gasteiger partial charge in [-0.3, -0.25) is 9.59 Å². The van der Waals surface area contributed by atoms with Crippen molar-refractivity contribution in [1.29, 1.82) is 0 Å². The molecule has 0 saturated heterocycles. The van der Waals surface area contributed by atoms with Crippen molar-refractivity contribution in [2.75, 3.05) is 7.11 Å². The molecule has 0 saturated carbocycles. The number of methoxy groups -OCH3 is 1. The highest BCUT2D eigenvalue weighted by Crippen LogP contribution is 2.33. The standard InChI is InChI=1S/C28H23F6N3O3/c1-4-5-22(17-8-20(29)25(31)21(30)9-17)37-13-18(28(32,33)34)11-19(27(37)39)26(38)16-6-7-23(24(10-16)40-3)36-12-15(2)35-14-36/h6-14,22H,4-5H2,1-3H3. The van der Waals surface area contributed by atoms with Crippen molar-refractivity contribution in [3.05, 3.63) is 111 Å². The molecule has 0 N–H and O–H groups in total. The van der Waals surface area contributed by atoms with Crippen molar-refractivity contribution in [2.24, 2.45) is 0 Å². The van der Waals surface area contributed by atoms with Gasteiger partial charge in [-0.2, -0.15) is 13.2 Å². The second-order valence-corrected chi connectivity index (χ2v) is 9.09. The Morgan fingerprint density at radius 1 is 1.05 bits per heavy atom. The maximum atomic E-state index is 14.0. The molecule has 0 radical (unpaired) electrons. The molecule has 0 aliphatic rings. The molecule has 0 bridgehead atoms. The van der Waals surface area contributed by atoms with Crippen LogP contribution >= 0.6 is 0 Å². The van der Waals surface area contributed by atoms with E-state index in [1.165, 1.54) is 31.6 Å². The van der Waals surface area contributed by atoms with E-state index >= 15 is 0 Å². The Morgan fingerprint density at radius 3 is 2.27 bits per heavy atom. The van der Waals surface area contributed by atoms with Crippen LogP contribution in [-0.2, 0) is 6.18 Å². The van der Waals surface area contributed by atoms with Crippen LogP contribution in [0.5, 0.6) is 5.75 Å². The maximum absolute atomic E-state index is 14.0. The summed E-state index contributed by atoms with van der Waals surface area (Å²) >= 11 is 0. The topological polar surface area (TPSA) is 66.1 Å². The molecule has 1 atom stereocenters. The molecule has 12 heteroatoms. The van der Waals surface area contributed by atoms with E-state index in [0.29, 0.717) is 40.3 Å². The summed E-state index contributed by atoms with van der Waals surface area (Å²) in [5.41, 5.74) is -2.45. The summed E-state index contributed by atoms with van der Waals surface area (Å²) in [6.07, 6.45) is -1.03. The van der Waals surface area contributed by atoms with E-state index in [4.69, 9.17) is 4.74 Å². The third kappa shape index (κ3) is 5.51. The van der Waals surface area contributed by atoms with Gasteiger partial charge in [-0.15, -0.1) is 0 Å². The first-order chi connectivity index (χ1) is 18.8. The molecule has 2 aromatic heterocycles. The van der Waals surface area contributed by atoms with Gasteiger partial charge in [-0.05, 0) is 55.3 Å². The molecule has 6 nitrogen and oxygen atoms in total. The third-order valence-electron chi connectivity index (χ3n) is 6.34. The number of hydrogen-bond donors (Lipinski definition) is 0. The van der Waals surface area contributed by atoms with E-state index in [9.17, 15) is 35.9 Å². The average Bonchev–Trinajstić information content (AvgIpc) is 3.35. The lowest BCUT2D eigenvalue weighted by Gasteiger charge is -2.23. The van der Waals surface area contributed by atoms with Crippen LogP contribution in [0.25, 0.3) is 5.69 Å². The first-order valence-corrected chi connectivity index (χ1v) is 12.1. The molecule has 210 valence electrons. The Balaban J connectivity index is 1.89. The Kier molecular flexibility index (Phi) is 7.90. The van der Waals surface area contributed by atoms with Crippen molar-refractivity contribution in [3.63, 3.8) is 0 Å². The Morgan fingerprint density at radius 2 is 1.73 bits per heavy atom. The monoisotopic (exact) mass is 563 g/mol. The molecule has 4 rings (SSSR count). The molecule has 40 heavy (non-hydrogen) atoms. The first kappa shape index (κ1) is 28.7. The van der Waals surface area contributed by atoms with E-state index in [1.807, 2.05) is 0 Å². The average molecular weight is 563 g/mol. The second-order valence-electron chi connectivity index (χ2n) is 9.09. The fourth-order valence-corrected chi connectivity index (χ4v) is 4.40. The highest BCUT2D eigenvalue weighted by Gasteiger charge is 2.34. The van der Waals surface area contributed by atoms with Gasteiger partial charge in [0.2, 0.25) is 0 Å². The predicted octanol–water partition coefficient (Wildman–Crippen LogP) is 6.41. The minimum absolute atomic E-state index is 0.0355. The predicted molar refractivity (Wildman–Crippen MR) is 133 cm³/mol. The van der Waals surface area contributed by atoms with E-state index in [2.05, 4.69) is 4.98 Å². The van der Waals surface area contributed by atoms with Gasteiger partial charge in [-0.1, -0.05) is 13.3 Å². The normalized spacial score (nSPS) is 12.4. The number of benzene rings is 2. The fourth-order valence-electron chi connectivity index (χ4n) is 4.40. The molecule has 0 aliphatic heterocycles. The number of carbonyl (C=O) groups is 1. The molecule has 4 aromatic rings. The Hall–Kier alpha value is -4.35. The lowest BCUT2D eigenvalue weighted by Crippen LogP contribution is -2.32. The van der Waals surface area contributed by atoms with Crippen LogP contribution in [0.15, 0.2) is 59.9 Å². The van der Waals surface area contributed by atoms with Crippen LogP contribution < -0.4 is 10.3 Å². The number of pyridine rings is 1. The lowest BCUT2D eigenvalue weighted by atomic mass is 9.98. The zero-order valence-corrected chi connectivity index (χ0v) is 21.5. The number of nitrogens with zero attached hydrogens (tertiary/aromatic N) is 3. The third-order valence-corrected chi connectivity index (χ3v) is 6.34.